The number of carbonyl (C=O) groups excluding carboxylic acids is 2. The van der Waals surface area contributed by atoms with Gasteiger partial charge in [-0.15, -0.1) is 0 Å². The summed E-state index contributed by atoms with van der Waals surface area (Å²) in [6, 6.07) is 11.1. The van der Waals surface area contributed by atoms with E-state index in [9.17, 15) is 9.59 Å². The molecular weight excluding hydrogens is 492 g/mol. The number of guanidine groups is 1. The van der Waals surface area contributed by atoms with Gasteiger partial charge in [0, 0.05) is 29.5 Å². The summed E-state index contributed by atoms with van der Waals surface area (Å²) in [5.41, 5.74) is 9.35. The molecule has 4 atom stereocenters. The normalized spacial score (nSPS) is 28.8. The highest BCUT2D eigenvalue weighted by Gasteiger charge is 2.42. The van der Waals surface area contributed by atoms with Crippen molar-refractivity contribution >= 4 is 23.8 Å². The highest BCUT2D eigenvalue weighted by Crippen LogP contribution is 2.41. The third-order valence-electron chi connectivity index (χ3n) is 8.65. The third kappa shape index (κ3) is 4.66. The first-order valence-corrected chi connectivity index (χ1v) is 14.1. The van der Waals surface area contributed by atoms with Gasteiger partial charge in [0.05, 0.1) is 30.7 Å². The maximum absolute atomic E-state index is 13.6. The Morgan fingerprint density at radius 1 is 1.13 bits per heavy atom. The van der Waals surface area contributed by atoms with Crippen LogP contribution in [0.5, 0.6) is 11.5 Å². The van der Waals surface area contributed by atoms with Crippen LogP contribution in [0.25, 0.3) is 6.08 Å². The summed E-state index contributed by atoms with van der Waals surface area (Å²) < 4.78 is 12.2. The lowest BCUT2D eigenvalue weighted by Crippen LogP contribution is -2.53. The topological polar surface area (TPSA) is 106 Å². The van der Waals surface area contributed by atoms with Crippen molar-refractivity contribution in [2.24, 2.45) is 10.7 Å². The van der Waals surface area contributed by atoms with Crippen molar-refractivity contribution in [3.8, 4) is 11.5 Å². The second-order valence-electron chi connectivity index (χ2n) is 11.0. The molecule has 39 heavy (non-hydrogen) atoms. The number of hydrogen-bond donors (Lipinski definition) is 2. The molecule has 7 rings (SSSR count). The lowest BCUT2D eigenvalue weighted by Gasteiger charge is -2.42. The Hall–Kier alpha value is -3.81. The molecule has 3 N–H and O–H groups in total. The van der Waals surface area contributed by atoms with Gasteiger partial charge in [0.15, 0.2) is 5.96 Å². The van der Waals surface area contributed by atoms with E-state index in [1.807, 2.05) is 24.3 Å². The molecule has 8 heteroatoms. The Bertz CT molecular complexity index is 1370. The fourth-order valence-corrected chi connectivity index (χ4v) is 6.34. The van der Waals surface area contributed by atoms with Gasteiger partial charge in [-0.05, 0) is 61.6 Å². The summed E-state index contributed by atoms with van der Waals surface area (Å²) in [7, 11) is 0. The average Bonchev–Trinajstić information content (AvgIpc) is 2.94. The number of benzene rings is 2. The van der Waals surface area contributed by atoms with E-state index in [0.29, 0.717) is 37.2 Å². The fourth-order valence-electron chi connectivity index (χ4n) is 6.34. The number of nitrogens with two attached hydrogens (primary N) is 1. The van der Waals surface area contributed by atoms with Crippen LogP contribution in [-0.2, 0) is 4.79 Å². The molecule has 2 amide bonds. The van der Waals surface area contributed by atoms with Gasteiger partial charge in [0.25, 0.3) is 5.91 Å². The summed E-state index contributed by atoms with van der Waals surface area (Å²) >= 11 is 0. The molecule has 8 nitrogen and oxygen atoms in total. The second kappa shape index (κ2) is 10.1. The Morgan fingerprint density at radius 2 is 1.97 bits per heavy atom. The van der Waals surface area contributed by atoms with Crippen molar-refractivity contribution in [3.05, 3.63) is 64.7 Å². The zero-order valence-electron chi connectivity index (χ0n) is 22.6. The number of nitrogens with zero attached hydrogens (tertiary/aromatic N) is 2. The number of amides is 2. The van der Waals surface area contributed by atoms with Crippen LogP contribution in [0.15, 0.2) is 47.5 Å². The number of ether oxygens (including phenoxy) is 2. The summed E-state index contributed by atoms with van der Waals surface area (Å²) in [5.74, 6) is 1.53. The van der Waals surface area contributed by atoms with Gasteiger partial charge in [-0.1, -0.05) is 32.1 Å². The minimum atomic E-state index is -0.521. The maximum Gasteiger partial charge on any atom is 0.251 e. The van der Waals surface area contributed by atoms with Crippen molar-refractivity contribution in [3.63, 3.8) is 0 Å². The molecule has 2 aromatic carbocycles. The molecule has 0 aromatic heterocycles. The fraction of sp³-hybridized carbons (Fsp3) is 0.452. The largest absolute Gasteiger partial charge is 0.493 e. The smallest absolute Gasteiger partial charge is 0.251 e. The van der Waals surface area contributed by atoms with Crippen LogP contribution < -0.4 is 20.5 Å². The Labute approximate surface area is 229 Å². The van der Waals surface area contributed by atoms with E-state index < -0.39 is 5.54 Å². The third-order valence-corrected chi connectivity index (χ3v) is 8.65. The Morgan fingerprint density at radius 3 is 2.77 bits per heavy atom. The molecule has 2 aromatic rings. The first-order valence-electron chi connectivity index (χ1n) is 14.1. The van der Waals surface area contributed by atoms with Gasteiger partial charge in [-0.2, -0.15) is 0 Å². The van der Waals surface area contributed by atoms with E-state index in [1.165, 1.54) is 0 Å². The molecule has 0 spiro atoms. The summed E-state index contributed by atoms with van der Waals surface area (Å²) in [6.45, 7) is 4.63. The zero-order valence-corrected chi connectivity index (χ0v) is 22.6. The predicted octanol–water partition coefficient (Wildman–Crippen LogP) is 5.05. The van der Waals surface area contributed by atoms with E-state index in [-0.39, 0.29) is 36.0 Å². The zero-order chi connectivity index (χ0) is 27.1. The molecular formula is C31H36N4O4. The van der Waals surface area contributed by atoms with E-state index in [4.69, 9.17) is 20.2 Å². The molecule has 5 aliphatic heterocycles. The number of nitrogens with one attached hydrogen (secondary N) is 1. The van der Waals surface area contributed by atoms with Gasteiger partial charge < -0.3 is 20.5 Å². The molecule has 0 fully saturated rings. The lowest BCUT2D eigenvalue weighted by atomic mass is 9.84. The number of carbonyl (C=O) groups is 2. The minimum absolute atomic E-state index is 0.0322. The van der Waals surface area contributed by atoms with Gasteiger partial charge in [-0.3, -0.25) is 14.5 Å². The van der Waals surface area contributed by atoms with Crippen LogP contribution in [0.2, 0.25) is 0 Å². The number of rotatable bonds is 2. The van der Waals surface area contributed by atoms with Crippen molar-refractivity contribution in [2.45, 2.75) is 82.5 Å². The highest BCUT2D eigenvalue weighted by atomic mass is 16.5. The first-order chi connectivity index (χ1) is 18.9. The standard InChI is InChI=1S/C31H36N4O4/c1-3-21-17-24-22-15-19(8-10-27(22)39-21)7-5-6-13-31(4-2)18-28(36)35(30(32)34-31)25-12-14-38-26-11-9-20(16-23(25)26)29(37)33-24/h5,7-11,15-16,21,24-25H,3-4,6,12-14,17-18H2,1-2H3,(H2,32,34)(H,33,37)/b7-5-/t21-,24-,25+,31+/m0/s1. The number of aliphatic imine (C=N–C) groups is 1. The molecule has 0 saturated carbocycles. The maximum atomic E-state index is 13.6. The first kappa shape index (κ1) is 25.5. The van der Waals surface area contributed by atoms with Gasteiger partial charge in [0.1, 0.15) is 17.6 Å². The van der Waals surface area contributed by atoms with Crippen LogP contribution in [-0.4, -0.2) is 40.9 Å². The molecule has 0 saturated heterocycles. The van der Waals surface area contributed by atoms with Crippen LogP contribution in [0.4, 0.5) is 0 Å². The van der Waals surface area contributed by atoms with Crippen molar-refractivity contribution in [1.82, 2.24) is 10.2 Å². The van der Waals surface area contributed by atoms with Gasteiger partial charge in [-0.25, -0.2) is 4.99 Å². The second-order valence-corrected chi connectivity index (χ2v) is 11.0. The van der Waals surface area contributed by atoms with E-state index in [2.05, 4.69) is 37.4 Å². The molecule has 0 radical (unpaired) electrons. The van der Waals surface area contributed by atoms with Gasteiger partial charge >= 0.3 is 0 Å². The Kier molecular flexibility index (Phi) is 6.57. The number of hydrogen-bond acceptors (Lipinski definition) is 6. The average molecular weight is 529 g/mol. The van der Waals surface area contributed by atoms with Gasteiger partial charge in [0.2, 0.25) is 5.91 Å². The van der Waals surface area contributed by atoms with Crippen molar-refractivity contribution in [1.29, 1.82) is 0 Å². The SMILES string of the molecule is CC[C@H]1C[C@@H]2NC(=O)c3ccc4c(c3)[C@@H](CCO4)N3C(=O)C[C@@](CC)(CC/C=C\c4ccc(c2c4)O1)N=C3N. The summed E-state index contributed by atoms with van der Waals surface area (Å²) in [5, 5.41) is 3.27. The van der Waals surface area contributed by atoms with E-state index >= 15 is 0 Å². The molecule has 0 aliphatic carbocycles. The molecule has 6 bridgehead atoms. The quantitative estimate of drug-likeness (QED) is 0.568. The molecule has 5 heterocycles. The number of allylic oxidation sites excluding steroid dienone is 1. The summed E-state index contributed by atoms with van der Waals surface area (Å²) in [4.78, 5) is 33.8. The van der Waals surface area contributed by atoms with Crippen molar-refractivity contribution in [2.75, 3.05) is 6.61 Å². The van der Waals surface area contributed by atoms with Crippen LogP contribution in [0.1, 0.15) is 97.9 Å². The highest BCUT2D eigenvalue weighted by molar-refractivity contribution is 6.00. The number of fused-ring (bicyclic) bond motifs is 4. The van der Waals surface area contributed by atoms with Crippen molar-refractivity contribution < 1.29 is 19.1 Å². The molecule has 0 unspecified atom stereocenters. The van der Waals surface area contributed by atoms with E-state index in [0.717, 1.165) is 48.1 Å². The molecule has 204 valence electrons. The predicted molar refractivity (Wildman–Crippen MR) is 150 cm³/mol. The van der Waals surface area contributed by atoms with Crippen LogP contribution in [0.3, 0.4) is 0 Å². The lowest BCUT2D eigenvalue weighted by molar-refractivity contribution is -0.132. The van der Waals surface area contributed by atoms with Crippen LogP contribution >= 0.6 is 0 Å². The summed E-state index contributed by atoms with van der Waals surface area (Å²) in [6.07, 6.45) is 8.94. The Balaban J connectivity index is 1.45. The monoisotopic (exact) mass is 528 g/mol. The molecule has 5 aliphatic rings. The van der Waals surface area contributed by atoms with E-state index in [1.54, 1.807) is 11.0 Å². The van der Waals surface area contributed by atoms with Crippen LogP contribution in [0, 0.1) is 0 Å². The minimum Gasteiger partial charge on any atom is -0.493 e.